The number of nitrogens with zero attached hydrogens (tertiary/aromatic N) is 1. The number of sulfonamides is 1. The summed E-state index contributed by atoms with van der Waals surface area (Å²) < 4.78 is 22.6. The predicted octanol–water partition coefficient (Wildman–Crippen LogP) is 2.37. The minimum Gasteiger partial charge on any atom is -0.342 e. The summed E-state index contributed by atoms with van der Waals surface area (Å²) in [4.78, 5) is 14.6. The Morgan fingerprint density at radius 3 is 2.35 bits per heavy atom. The van der Waals surface area contributed by atoms with Crippen LogP contribution in [0.3, 0.4) is 0 Å². The molecule has 2 rings (SSSR count). The van der Waals surface area contributed by atoms with Gasteiger partial charge in [-0.2, -0.15) is 0 Å². The maximum Gasteiger partial charge on any atom is 0.223 e. The van der Waals surface area contributed by atoms with Gasteiger partial charge < -0.3 is 4.90 Å². The van der Waals surface area contributed by atoms with Crippen LogP contribution in [0.5, 0.6) is 0 Å². The van der Waals surface area contributed by atoms with Crippen LogP contribution in [0, 0.1) is 23.2 Å². The van der Waals surface area contributed by atoms with Gasteiger partial charge in [0.15, 0.2) is 0 Å². The first kappa shape index (κ1) is 18.7. The molecule has 0 unspecified atom stereocenters. The second kappa shape index (κ2) is 7.09. The summed E-state index contributed by atoms with van der Waals surface area (Å²) in [5.41, 5.74) is 0.0266. The first-order chi connectivity index (χ1) is 10.6. The molecule has 0 spiro atoms. The quantitative estimate of drug-likeness (QED) is 0.831. The third kappa shape index (κ3) is 5.18. The summed E-state index contributed by atoms with van der Waals surface area (Å²) in [7, 11) is -3.48. The minimum atomic E-state index is -3.48. The standard InChI is InChI=1S/C17H32N2O3S/c1-13-10-19(11-14(13)12-23(18,21)22)16(20)9-17(2,3)15-7-5-4-6-8-15/h13-15H,4-12H2,1-3H3,(H2,18,21,22)/t13-,14+/m1/s1. The molecule has 2 atom stereocenters. The highest BCUT2D eigenvalue weighted by molar-refractivity contribution is 7.89. The fraction of sp³-hybridized carbons (Fsp3) is 0.941. The SMILES string of the molecule is C[C@@H]1CN(C(=O)CC(C)(C)C2CCCCC2)C[C@H]1CS(N)(=O)=O. The number of nitrogens with two attached hydrogens (primary N) is 1. The lowest BCUT2D eigenvalue weighted by atomic mass is 9.69. The Bertz CT molecular complexity index is 524. The molecule has 2 aliphatic rings. The number of likely N-dealkylation sites (tertiary alicyclic amines) is 1. The van der Waals surface area contributed by atoms with Crippen molar-refractivity contribution >= 4 is 15.9 Å². The van der Waals surface area contributed by atoms with E-state index in [1.165, 1.54) is 32.1 Å². The van der Waals surface area contributed by atoms with E-state index in [-0.39, 0.29) is 28.9 Å². The van der Waals surface area contributed by atoms with Crippen molar-refractivity contribution in [2.45, 2.75) is 59.3 Å². The maximum atomic E-state index is 12.7. The van der Waals surface area contributed by atoms with E-state index < -0.39 is 10.0 Å². The van der Waals surface area contributed by atoms with Gasteiger partial charge in [0, 0.05) is 19.5 Å². The van der Waals surface area contributed by atoms with Gasteiger partial charge in [-0.05, 0) is 36.0 Å². The topological polar surface area (TPSA) is 80.5 Å². The Labute approximate surface area is 141 Å². The van der Waals surface area contributed by atoms with Crippen molar-refractivity contribution in [2.24, 2.45) is 28.3 Å². The second-order valence-electron chi connectivity index (χ2n) is 8.37. The van der Waals surface area contributed by atoms with Gasteiger partial charge in [0.25, 0.3) is 0 Å². The average molecular weight is 345 g/mol. The molecule has 1 saturated carbocycles. The molecule has 0 aromatic carbocycles. The lowest BCUT2D eigenvalue weighted by Gasteiger charge is -2.37. The molecule has 23 heavy (non-hydrogen) atoms. The van der Waals surface area contributed by atoms with Crippen LogP contribution in [0.25, 0.3) is 0 Å². The Morgan fingerprint density at radius 2 is 1.78 bits per heavy atom. The van der Waals surface area contributed by atoms with Gasteiger partial charge in [-0.15, -0.1) is 0 Å². The van der Waals surface area contributed by atoms with E-state index in [9.17, 15) is 13.2 Å². The fourth-order valence-electron chi connectivity index (χ4n) is 4.28. The zero-order valence-electron chi connectivity index (χ0n) is 14.8. The van der Waals surface area contributed by atoms with Crippen LogP contribution in [0.2, 0.25) is 0 Å². The smallest absolute Gasteiger partial charge is 0.223 e. The Hall–Kier alpha value is -0.620. The third-order valence-corrected chi connectivity index (χ3v) is 6.78. The Balaban J connectivity index is 1.93. The summed E-state index contributed by atoms with van der Waals surface area (Å²) in [6.07, 6.45) is 6.89. The molecule has 5 nitrogen and oxygen atoms in total. The average Bonchev–Trinajstić information content (AvgIpc) is 2.79. The number of rotatable bonds is 5. The van der Waals surface area contributed by atoms with Crippen LogP contribution >= 0.6 is 0 Å². The van der Waals surface area contributed by atoms with Crippen molar-refractivity contribution in [3.05, 3.63) is 0 Å². The maximum absolute atomic E-state index is 12.7. The van der Waals surface area contributed by atoms with E-state index in [2.05, 4.69) is 13.8 Å². The van der Waals surface area contributed by atoms with Crippen LogP contribution in [-0.4, -0.2) is 38.1 Å². The Morgan fingerprint density at radius 1 is 1.17 bits per heavy atom. The van der Waals surface area contributed by atoms with Crippen LogP contribution in [-0.2, 0) is 14.8 Å². The van der Waals surface area contributed by atoms with Crippen molar-refractivity contribution in [3.63, 3.8) is 0 Å². The number of hydrogen-bond acceptors (Lipinski definition) is 3. The molecule has 2 fully saturated rings. The van der Waals surface area contributed by atoms with Gasteiger partial charge >= 0.3 is 0 Å². The molecule has 1 saturated heterocycles. The zero-order valence-corrected chi connectivity index (χ0v) is 15.6. The van der Waals surface area contributed by atoms with E-state index in [1.54, 1.807) is 0 Å². The molecule has 0 radical (unpaired) electrons. The first-order valence-electron chi connectivity index (χ1n) is 8.87. The molecule has 1 aliphatic carbocycles. The second-order valence-corrected chi connectivity index (χ2v) is 10.0. The highest BCUT2D eigenvalue weighted by atomic mass is 32.2. The lowest BCUT2D eigenvalue weighted by molar-refractivity contribution is -0.133. The number of carbonyl (C=O) groups is 1. The summed E-state index contributed by atoms with van der Waals surface area (Å²) >= 11 is 0. The van der Waals surface area contributed by atoms with Crippen molar-refractivity contribution in [1.82, 2.24) is 4.90 Å². The molecule has 1 heterocycles. The lowest BCUT2D eigenvalue weighted by Crippen LogP contribution is -2.36. The van der Waals surface area contributed by atoms with Gasteiger partial charge in [0.2, 0.25) is 15.9 Å². The summed E-state index contributed by atoms with van der Waals surface area (Å²) in [5, 5.41) is 5.17. The van der Waals surface area contributed by atoms with Gasteiger partial charge in [-0.3, -0.25) is 4.79 Å². The summed E-state index contributed by atoms with van der Waals surface area (Å²) in [6.45, 7) is 7.61. The van der Waals surface area contributed by atoms with Crippen LogP contribution in [0.1, 0.15) is 59.3 Å². The summed E-state index contributed by atoms with van der Waals surface area (Å²) in [6, 6.07) is 0. The van der Waals surface area contributed by atoms with E-state index in [0.717, 1.165) is 0 Å². The van der Waals surface area contributed by atoms with Gasteiger partial charge in [-0.1, -0.05) is 40.0 Å². The molecule has 1 aliphatic heterocycles. The van der Waals surface area contributed by atoms with Crippen LogP contribution in [0.15, 0.2) is 0 Å². The van der Waals surface area contributed by atoms with Crippen molar-refractivity contribution < 1.29 is 13.2 Å². The molecule has 1 amide bonds. The molecule has 2 N–H and O–H groups in total. The minimum absolute atomic E-state index is 0.0238. The van der Waals surface area contributed by atoms with E-state index in [4.69, 9.17) is 5.14 Å². The molecule has 0 aromatic rings. The molecule has 134 valence electrons. The third-order valence-electron chi connectivity index (χ3n) is 5.88. The highest BCUT2D eigenvalue weighted by Gasteiger charge is 2.38. The molecular weight excluding hydrogens is 312 g/mol. The molecular formula is C17H32N2O3S. The number of primary sulfonamides is 1. The van der Waals surface area contributed by atoms with Gasteiger partial charge in [-0.25, -0.2) is 13.6 Å². The molecule has 6 heteroatoms. The van der Waals surface area contributed by atoms with Gasteiger partial charge in [0.1, 0.15) is 0 Å². The van der Waals surface area contributed by atoms with Gasteiger partial charge in [0.05, 0.1) is 5.75 Å². The van der Waals surface area contributed by atoms with Crippen LogP contribution in [0.4, 0.5) is 0 Å². The normalized spacial score (nSPS) is 27.4. The summed E-state index contributed by atoms with van der Waals surface area (Å²) in [5.74, 6) is 0.927. The predicted molar refractivity (Wildman–Crippen MR) is 92.2 cm³/mol. The largest absolute Gasteiger partial charge is 0.342 e. The monoisotopic (exact) mass is 344 g/mol. The van der Waals surface area contributed by atoms with Crippen molar-refractivity contribution in [2.75, 3.05) is 18.8 Å². The highest BCUT2D eigenvalue weighted by Crippen LogP contribution is 2.41. The zero-order chi connectivity index (χ0) is 17.3. The van der Waals surface area contributed by atoms with Crippen molar-refractivity contribution in [1.29, 1.82) is 0 Å². The number of hydrogen-bond donors (Lipinski definition) is 1. The molecule has 0 aromatic heterocycles. The van der Waals surface area contributed by atoms with E-state index >= 15 is 0 Å². The number of carbonyl (C=O) groups excluding carboxylic acids is 1. The fourth-order valence-corrected chi connectivity index (χ4v) is 5.31. The van der Waals surface area contributed by atoms with E-state index in [0.29, 0.717) is 25.4 Å². The Kier molecular flexibility index (Phi) is 5.77. The van der Waals surface area contributed by atoms with Crippen molar-refractivity contribution in [3.8, 4) is 0 Å². The molecule has 0 bridgehead atoms. The number of amides is 1. The first-order valence-corrected chi connectivity index (χ1v) is 10.6. The van der Waals surface area contributed by atoms with E-state index in [1.807, 2.05) is 11.8 Å². The van der Waals surface area contributed by atoms with Crippen LogP contribution < -0.4 is 5.14 Å².